The quantitative estimate of drug-likeness (QED) is 0.562. The molecule has 0 aromatic heterocycles. The SMILES string of the molecule is COC(=O)[C@]12CCCC[C@H]1[C@H]2F. The van der Waals surface area contributed by atoms with Crippen molar-refractivity contribution in [1.29, 1.82) is 0 Å². The molecule has 0 bridgehead atoms. The molecule has 0 spiro atoms. The number of methoxy groups -OCH3 is 1. The standard InChI is InChI=1S/C9H13FO2/c1-12-8(11)9-5-3-2-4-6(9)7(9)10/h6-7H,2-5H2,1H3/t6-,7+,9+/m0/s1. The van der Waals surface area contributed by atoms with Gasteiger partial charge in [0.25, 0.3) is 0 Å². The van der Waals surface area contributed by atoms with Crippen molar-refractivity contribution in [1.82, 2.24) is 0 Å². The fourth-order valence-electron chi connectivity index (χ4n) is 2.53. The van der Waals surface area contributed by atoms with Crippen molar-refractivity contribution in [2.24, 2.45) is 11.3 Å². The number of hydrogen-bond donors (Lipinski definition) is 0. The summed E-state index contributed by atoms with van der Waals surface area (Å²) in [5.74, 6) is -0.363. The van der Waals surface area contributed by atoms with E-state index in [1.54, 1.807) is 0 Å². The molecule has 0 amide bonds. The summed E-state index contributed by atoms with van der Waals surface area (Å²) >= 11 is 0. The molecule has 2 nitrogen and oxygen atoms in total. The van der Waals surface area contributed by atoms with Gasteiger partial charge in [0.05, 0.1) is 7.11 Å². The maximum atomic E-state index is 13.3. The lowest BCUT2D eigenvalue weighted by Gasteiger charge is -2.17. The first-order valence-electron chi connectivity index (χ1n) is 4.46. The number of ether oxygens (including phenoxy) is 1. The van der Waals surface area contributed by atoms with Crippen molar-refractivity contribution < 1.29 is 13.9 Å². The van der Waals surface area contributed by atoms with Crippen molar-refractivity contribution in [2.45, 2.75) is 31.9 Å². The van der Waals surface area contributed by atoms with Gasteiger partial charge in [-0.25, -0.2) is 4.39 Å². The molecule has 68 valence electrons. The Morgan fingerprint density at radius 2 is 2.33 bits per heavy atom. The summed E-state index contributed by atoms with van der Waals surface area (Å²) in [5.41, 5.74) is -0.715. The molecule has 0 aromatic carbocycles. The zero-order valence-electron chi connectivity index (χ0n) is 7.18. The molecule has 0 radical (unpaired) electrons. The first-order chi connectivity index (χ1) is 5.73. The summed E-state index contributed by atoms with van der Waals surface area (Å²) in [5, 5.41) is 0. The van der Waals surface area contributed by atoms with E-state index in [0.29, 0.717) is 6.42 Å². The second-order valence-corrected chi connectivity index (χ2v) is 3.79. The number of carbonyl (C=O) groups is 1. The number of fused-ring (bicyclic) bond motifs is 1. The van der Waals surface area contributed by atoms with Gasteiger partial charge in [0.15, 0.2) is 0 Å². The lowest BCUT2D eigenvalue weighted by Crippen LogP contribution is -2.23. The van der Waals surface area contributed by atoms with Gasteiger partial charge in [0.2, 0.25) is 0 Å². The van der Waals surface area contributed by atoms with Gasteiger partial charge in [0, 0.05) is 5.92 Å². The number of halogens is 1. The minimum Gasteiger partial charge on any atom is -0.468 e. The highest BCUT2D eigenvalue weighted by Gasteiger charge is 2.71. The van der Waals surface area contributed by atoms with Crippen molar-refractivity contribution in [3.8, 4) is 0 Å². The van der Waals surface area contributed by atoms with Crippen LogP contribution in [-0.4, -0.2) is 19.3 Å². The van der Waals surface area contributed by atoms with Crippen LogP contribution in [0.4, 0.5) is 4.39 Å². The Morgan fingerprint density at radius 1 is 1.58 bits per heavy atom. The number of rotatable bonds is 1. The first kappa shape index (κ1) is 8.02. The average molecular weight is 172 g/mol. The number of alkyl halides is 1. The first-order valence-corrected chi connectivity index (χ1v) is 4.46. The molecule has 0 aliphatic heterocycles. The Balaban J connectivity index is 2.15. The molecule has 3 atom stereocenters. The summed E-state index contributed by atoms with van der Waals surface area (Å²) in [6.45, 7) is 0. The van der Waals surface area contributed by atoms with Gasteiger partial charge in [-0.15, -0.1) is 0 Å². The molecular weight excluding hydrogens is 159 g/mol. The van der Waals surface area contributed by atoms with Crippen LogP contribution in [0.15, 0.2) is 0 Å². The molecule has 0 N–H and O–H groups in total. The van der Waals surface area contributed by atoms with E-state index in [1.165, 1.54) is 7.11 Å². The van der Waals surface area contributed by atoms with E-state index in [1.807, 2.05) is 0 Å². The van der Waals surface area contributed by atoms with Crippen LogP contribution in [0.2, 0.25) is 0 Å². The van der Waals surface area contributed by atoms with Crippen LogP contribution in [0, 0.1) is 11.3 Å². The van der Waals surface area contributed by atoms with E-state index in [4.69, 9.17) is 0 Å². The zero-order chi connectivity index (χ0) is 8.77. The van der Waals surface area contributed by atoms with Crippen LogP contribution in [-0.2, 0) is 9.53 Å². The van der Waals surface area contributed by atoms with Gasteiger partial charge in [-0.05, 0) is 12.8 Å². The van der Waals surface area contributed by atoms with Gasteiger partial charge >= 0.3 is 5.97 Å². The topological polar surface area (TPSA) is 26.3 Å². The molecule has 2 rings (SSSR count). The molecule has 0 heterocycles. The zero-order valence-corrected chi connectivity index (χ0v) is 7.18. The largest absolute Gasteiger partial charge is 0.468 e. The third-order valence-electron chi connectivity index (χ3n) is 3.32. The molecular formula is C9H13FO2. The van der Waals surface area contributed by atoms with Gasteiger partial charge < -0.3 is 4.74 Å². The van der Waals surface area contributed by atoms with E-state index in [0.717, 1.165) is 19.3 Å². The Labute approximate surface area is 71.1 Å². The average Bonchev–Trinajstić information content (AvgIpc) is 2.73. The highest BCUT2D eigenvalue weighted by Crippen LogP contribution is 2.63. The predicted octanol–water partition coefficient (Wildman–Crippen LogP) is 1.69. The minimum absolute atomic E-state index is 0.0290. The molecule has 2 aliphatic carbocycles. The summed E-state index contributed by atoms with van der Waals surface area (Å²) in [7, 11) is 1.34. The fraction of sp³-hybridized carbons (Fsp3) is 0.889. The molecule has 3 heteroatoms. The smallest absolute Gasteiger partial charge is 0.315 e. The van der Waals surface area contributed by atoms with Gasteiger partial charge in [0.1, 0.15) is 11.6 Å². The van der Waals surface area contributed by atoms with E-state index in [9.17, 15) is 9.18 Å². The lowest BCUT2D eigenvalue weighted by atomic mass is 9.88. The fourth-order valence-corrected chi connectivity index (χ4v) is 2.53. The normalized spacial score (nSPS) is 44.8. The van der Waals surface area contributed by atoms with Crippen molar-refractivity contribution in [3.05, 3.63) is 0 Å². The van der Waals surface area contributed by atoms with Crippen molar-refractivity contribution >= 4 is 5.97 Å². The summed E-state index contributed by atoms with van der Waals surface area (Å²) in [4.78, 5) is 11.3. The van der Waals surface area contributed by atoms with E-state index < -0.39 is 11.6 Å². The second kappa shape index (κ2) is 2.44. The van der Waals surface area contributed by atoms with Crippen molar-refractivity contribution in [2.75, 3.05) is 7.11 Å². The van der Waals surface area contributed by atoms with Gasteiger partial charge in [-0.1, -0.05) is 12.8 Å². The third-order valence-corrected chi connectivity index (χ3v) is 3.32. The van der Waals surface area contributed by atoms with Crippen LogP contribution in [0.1, 0.15) is 25.7 Å². The summed E-state index contributed by atoms with van der Waals surface area (Å²) in [6.07, 6.45) is 2.64. The van der Waals surface area contributed by atoms with E-state index >= 15 is 0 Å². The van der Waals surface area contributed by atoms with E-state index in [-0.39, 0.29) is 11.9 Å². The monoisotopic (exact) mass is 172 g/mol. The second-order valence-electron chi connectivity index (χ2n) is 3.79. The number of hydrogen-bond acceptors (Lipinski definition) is 2. The molecule has 0 unspecified atom stereocenters. The number of esters is 1. The van der Waals surface area contributed by atoms with Crippen LogP contribution in [0.25, 0.3) is 0 Å². The van der Waals surface area contributed by atoms with Crippen LogP contribution in [0.5, 0.6) is 0 Å². The Morgan fingerprint density at radius 3 is 2.92 bits per heavy atom. The van der Waals surface area contributed by atoms with Crippen LogP contribution >= 0.6 is 0 Å². The van der Waals surface area contributed by atoms with Crippen LogP contribution < -0.4 is 0 Å². The van der Waals surface area contributed by atoms with Crippen LogP contribution in [0.3, 0.4) is 0 Å². The minimum atomic E-state index is -0.924. The van der Waals surface area contributed by atoms with E-state index in [2.05, 4.69) is 4.74 Å². The Kier molecular flexibility index (Phi) is 1.63. The maximum absolute atomic E-state index is 13.3. The molecule has 0 aromatic rings. The Hall–Kier alpha value is -0.600. The molecule has 0 saturated heterocycles. The Bertz CT molecular complexity index is 217. The van der Waals surface area contributed by atoms with Gasteiger partial charge in [-0.2, -0.15) is 0 Å². The molecule has 2 saturated carbocycles. The molecule has 12 heavy (non-hydrogen) atoms. The molecule has 2 aliphatic rings. The maximum Gasteiger partial charge on any atom is 0.315 e. The summed E-state index contributed by atoms with van der Waals surface area (Å²) < 4.78 is 17.9. The third kappa shape index (κ3) is 0.767. The predicted molar refractivity (Wildman–Crippen MR) is 41.3 cm³/mol. The highest BCUT2D eigenvalue weighted by atomic mass is 19.1. The lowest BCUT2D eigenvalue weighted by molar-refractivity contribution is -0.149. The van der Waals surface area contributed by atoms with Crippen molar-refractivity contribution in [3.63, 3.8) is 0 Å². The summed E-state index contributed by atoms with van der Waals surface area (Å²) in [6, 6.07) is 0. The van der Waals surface area contributed by atoms with Gasteiger partial charge in [-0.3, -0.25) is 4.79 Å². The highest BCUT2D eigenvalue weighted by molar-refractivity contribution is 5.82. The number of carbonyl (C=O) groups excluding carboxylic acids is 1. The molecule has 2 fully saturated rings.